The van der Waals surface area contributed by atoms with Gasteiger partial charge in [0.15, 0.2) is 5.13 Å². The minimum Gasteiger partial charge on any atom is -0.308 e. The Labute approximate surface area is 181 Å². The van der Waals surface area contributed by atoms with E-state index in [2.05, 4.69) is 11.0 Å². The number of rotatable bonds is 6. The number of aromatic nitrogens is 1. The maximum absolute atomic E-state index is 13.1. The van der Waals surface area contributed by atoms with Crippen molar-refractivity contribution in [1.82, 2.24) is 9.88 Å². The molecular weight excluding hydrogens is 413 g/mol. The van der Waals surface area contributed by atoms with E-state index in [1.54, 1.807) is 4.90 Å². The molecule has 1 aromatic heterocycles. The Balaban J connectivity index is 0.00000280. The highest BCUT2D eigenvalue weighted by atomic mass is 35.5. The summed E-state index contributed by atoms with van der Waals surface area (Å²) >= 11 is 7.84. The fraction of sp³-hybridized carbons (Fsp3) is 0.333. The van der Waals surface area contributed by atoms with Crippen molar-refractivity contribution in [3.8, 4) is 0 Å². The number of benzene rings is 2. The van der Waals surface area contributed by atoms with Crippen LogP contribution >= 0.6 is 35.3 Å². The highest BCUT2D eigenvalue weighted by molar-refractivity contribution is 7.23. The Kier molecular flexibility index (Phi) is 7.84. The van der Waals surface area contributed by atoms with Crippen LogP contribution in [0, 0.1) is 13.8 Å². The highest BCUT2D eigenvalue weighted by Gasteiger charge is 2.21. The third-order valence-electron chi connectivity index (χ3n) is 4.43. The van der Waals surface area contributed by atoms with Crippen LogP contribution in [-0.4, -0.2) is 43.0 Å². The molecule has 2 aromatic carbocycles. The van der Waals surface area contributed by atoms with Crippen molar-refractivity contribution < 1.29 is 4.79 Å². The van der Waals surface area contributed by atoms with Gasteiger partial charge in [0, 0.05) is 13.1 Å². The highest BCUT2D eigenvalue weighted by Crippen LogP contribution is 2.35. The molecule has 0 aliphatic carbocycles. The average molecular weight is 438 g/mol. The lowest BCUT2D eigenvalue weighted by atomic mass is 10.1. The predicted octanol–water partition coefficient (Wildman–Crippen LogP) is 5.13. The second-order valence-corrected chi connectivity index (χ2v) is 8.44. The molecular formula is C21H25Cl2N3OS. The molecule has 0 saturated carbocycles. The Hall–Kier alpha value is -1.66. The molecule has 0 saturated heterocycles. The van der Waals surface area contributed by atoms with Crippen LogP contribution in [0.4, 0.5) is 5.13 Å². The summed E-state index contributed by atoms with van der Waals surface area (Å²) in [5.74, 6) is 0.0512. The molecule has 0 spiro atoms. The van der Waals surface area contributed by atoms with Gasteiger partial charge in [-0.05, 0) is 45.1 Å². The molecule has 0 fully saturated rings. The van der Waals surface area contributed by atoms with E-state index in [1.807, 2.05) is 58.3 Å². The van der Waals surface area contributed by atoms with Gasteiger partial charge in [-0.1, -0.05) is 58.8 Å². The molecule has 0 aliphatic heterocycles. The third-order valence-corrected chi connectivity index (χ3v) is 5.97. The number of carbonyl (C=O) groups is 1. The van der Waals surface area contributed by atoms with Gasteiger partial charge < -0.3 is 4.90 Å². The summed E-state index contributed by atoms with van der Waals surface area (Å²) in [7, 11) is 4.01. The first kappa shape index (κ1) is 22.6. The number of aryl methyl sites for hydroxylation is 2. The van der Waals surface area contributed by atoms with Gasteiger partial charge in [0.05, 0.1) is 21.7 Å². The van der Waals surface area contributed by atoms with Gasteiger partial charge in [0.25, 0.3) is 0 Å². The molecule has 7 heteroatoms. The molecule has 4 nitrogen and oxygen atoms in total. The zero-order chi connectivity index (χ0) is 19.6. The van der Waals surface area contributed by atoms with E-state index in [4.69, 9.17) is 16.6 Å². The normalized spacial score (nSPS) is 10.9. The van der Waals surface area contributed by atoms with Crippen LogP contribution in [0.15, 0.2) is 36.4 Å². The first-order valence-corrected chi connectivity index (χ1v) is 10.1. The van der Waals surface area contributed by atoms with Crippen LogP contribution in [0.2, 0.25) is 5.02 Å². The smallest absolute Gasteiger partial charge is 0.233 e. The predicted molar refractivity (Wildman–Crippen MR) is 122 cm³/mol. The number of thiazole rings is 1. The number of likely N-dealkylation sites (N-methyl/N-ethyl adjacent to an activating group) is 1. The number of amides is 1. The maximum atomic E-state index is 13.1. The quantitative estimate of drug-likeness (QED) is 0.536. The molecule has 0 aliphatic rings. The van der Waals surface area contributed by atoms with E-state index < -0.39 is 0 Å². The lowest BCUT2D eigenvalue weighted by Gasteiger charge is -2.22. The van der Waals surface area contributed by atoms with E-state index >= 15 is 0 Å². The van der Waals surface area contributed by atoms with E-state index in [0.29, 0.717) is 23.1 Å². The van der Waals surface area contributed by atoms with Crippen LogP contribution in [-0.2, 0) is 11.2 Å². The second kappa shape index (κ2) is 9.70. The summed E-state index contributed by atoms with van der Waals surface area (Å²) in [6, 6.07) is 11.9. The van der Waals surface area contributed by atoms with Gasteiger partial charge in [-0.15, -0.1) is 12.4 Å². The van der Waals surface area contributed by atoms with Gasteiger partial charge in [-0.3, -0.25) is 9.69 Å². The molecule has 1 heterocycles. The van der Waals surface area contributed by atoms with Gasteiger partial charge in [-0.25, -0.2) is 4.98 Å². The molecule has 28 heavy (non-hydrogen) atoms. The van der Waals surface area contributed by atoms with Crippen LogP contribution in [0.25, 0.3) is 10.2 Å². The van der Waals surface area contributed by atoms with E-state index in [-0.39, 0.29) is 18.3 Å². The van der Waals surface area contributed by atoms with E-state index in [1.165, 1.54) is 11.3 Å². The molecule has 150 valence electrons. The number of hydrogen-bond acceptors (Lipinski definition) is 4. The average Bonchev–Trinajstić information content (AvgIpc) is 3.04. The molecule has 0 N–H and O–H groups in total. The summed E-state index contributed by atoms with van der Waals surface area (Å²) in [6.45, 7) is 5.41. The monoisotopic (exact) mass is 437 g/mol. The SMILES string of the molecule is Cc1cccc(CC(=O)N(CCN(C)C)c2nc3c(C)ccc(Cl)c3s2)c1.Cl. The van der Waals surface area contributed by atoms with Gasteiger partial charge in [0.2, 0.25) is 5.91 Å². The largest absolute Gasteiger partial charge is 0.308 e. The van der Waals surface area contributed by atoms with Crippen molar-refractivity contribution in [1.29, 1.82) is 0 Å². The van der Waals surface area contributed by atoms with Crippen LogP contribution < -0.4 is 4.90 Å². The standard InChI is InChI=1S/C21H24ClN3OS.ClH/c1-14-6-5-7-16(12-14)13-18(26)25(11-10-24(3)4)21-23-19-15(2)8-9-17(22)20(19)27-21;/h5-9,12H,10-11,13H2,1-4H3;1H. The lowest BCUT2D eigenvalue weighted by molar-refractivity contribution is -0.118. The fourth-order valence-electron chi connectivity index (χ4n) is 2.93. The second-order valence-electron chi connectivity index (χ2n) is 7.05. The number of carbonyl (C=O) groups excluding carboxylic acids is 1. The molecule has 3 rings (SSSR count). The fourth-order valence-corrected chi connectivity index (χ4v) is 4.29. The first-order chi connectivity index (χ1) is 12.8. The summed E-state index contributed by atoms with van der Waals surface area (Å²) in [4.78, 5) is 21.7. The van der Waals surface area contributed by atoms with E-state index in [0.717, 1.165) is 33.5 Å². The molecule has 0 atom stereocenters. The number of hydrogen-bond donors (Lipinski definition) is 0. The Bertz CT molecular complexity index is 932. The number of nitrogens with zero attached hydrogens (tertiary/aromatic N) is 3. The lowest BCUT2D eigenvalue weighted by Crippen LogP contribution is -2.37. The van der Waals surface area contributed by atoms with Crippen LogP contribution in [0.3, 0.4) is 0 Å². The minimum atomic E-state index is 0. The minimum absolute atomic E-state index is 0. The molecule has 0 unspecified atom stereocenters. The first-order valence-electron chi connectivity index (χ1n) is 8.91. The van der Waals surface area contributed by atoms with Crippen LogP contribution in [0.5, 0.6) is 0 Å². The maximum Gasteiger partial charge on any atom is 0.233 e. The number of halogens is 2. The Morgan fingerprint density at radius 1 is 1.14 bits per heavy atom. The van der Waals surface area contributed by atoms with Crippen molar-refractivity contribution in [2.75, 3.05) is 32.1 Å². The molecule has 0 bridgehead atoms. The Morgan fingerprint density at radius 2 is 1.89 bits per heavy atom. The number of fused-ring (bicyclic) bond motifs is 1. The van der Waals surface area contributed by atoms with Crippen molar-refractivity contribution >= 4 is 56.6 Å². The molecule has 3 aromatic rings. The van der Waals surface area contributed by atoms with Crippen molar-refractivity contribution in [3.05, 3.63) is 58.1 Å². The van der Waals surface area contributed by atoms with E-state index in [9.17, 15) is 4.79 Å². The zero-order valence-corrected chi connectivity index (χ0v) is 18.9. The topological polar surface area (TPSA) is 36.4 Å². The van der Waals surface area contributed by atoms with Crippen molar-refractivity contribution in [2.24, 2.45) is 0 Å². The summed E-state index contributed by atoms with van der Waals surface area (Å²) in [6.07, 6.45) is 0.359. The van der Waals surface area contributed by atoms with Gasteiger partial charge in [-0.2, -0.15) is 0 Å². The van der Waals surface area contributed by atoms with Crippen LogP contribution in [0.1, 0.15) is 16.7 Å². The van der Waals surface area contributed by atoms with Gasteiger partial charge in [0.1, 0.15) is 0 Å². The zero-order valence-electron chi connectivity index (χ0n) is 16.5. The van der Waals surface area contributed by atoms with Crippen molar-refractivity contribution in [2.45, 2.75) is 20.3 Å². The van der Waals surface area contributed by atoms with Gasteiger partial charge >= 0.3 is 0 Å². The molecule has 1 amide bonds. The Morgan fingerprint density at radius 3 is 2.54 bits per heavy atom. The molecule has 0 radical (unpaired) electrons. The third kappa shape index (κ3) is 5.23. The summed E-state index contributed by atoms with van der Waals surface area (Å²) in [5.41, 5.74) is 4.11. The summed E-state index contributed by atoms with van der Waals surface area (Å²) in [5, 5.41) is 1.39. The summed E-state index contributed by atoms with van der Waals surface area (Å²) < 4.78 is 0.935. The number of anilines is 1. The van der Waals surface area contributed by atoms with Crippen molar-refractivity contribution in [3.63, 3.8) is 0 Å².